The first-order valence-electron chi connectivity index (χ1n) is 9.38. The van der Waals surface area contributed by atoms with Gasteiger partial charge in [0.2, 0.25) is 5.91 Å². The van der Waals surface area contributed by atoms with E-state index >= 15 is 0 Å². The second-order valence-corrected chi connectivity index (χ2v) is 10.5. The van der Waals surface area contributed by atoms with Crippen molar-refractivity contribution in [1.82, 2.24) is 9.88 Å². The number of thiazole rings is 1. The van der Waals surface area contributed by atoms with Crippen molar-refractivity contribution >= 4 is 54.8 Å². The number of halogens is 2. The summed E-state index contributed by atoms with van der Waals surface area (Å²) in [5, 5.41) is 0.472. The zero-order chi connectivity index (χ0) is 22.1. The number of hydrogen-bond acceptors (Lipinski definition) is 6. The second kappa shape index (κ2) is 10.0. The highest BCUT2D eigenvalue weighted by molar-refractivity contribution is 7.92. The molecule has 0 bridgehead atoms. The number of rotatable bonds is 7. The molecule has 0 N–H and O–H groups in total. The molecule has 168 valence electrons. The van der Waals surface area contributed by atoms with Gasteiger partial charge in [-0.15, -0.1) is 12.4 Å². The van der Waals surface area contributed by atoms with Crippen LogP contribution in [0.4, 0.5) is 9.52 Å². The molecule has 1 aromatic heterocycles. The minimum absolute atomic E-state index is 0. The quantitative estimate of drug-likeness (QED) is 0.475. The zero-order valence-electron chi connectivity index (χ0n) is 17.8. The number of amides is 1. The van der Waals surface area contributed by atoms with Crippen LogP contribution in [0, 0.1) is 19.7 Å². The summed E-state index contributed by atoms with van der Waals surface area (Å²) in [7, 11) is -0.150. The third-order valence-corrected chi connectivity index (χ3v) is 7.44. The number of hydrogen-bond donors (Lipinski definition) is 0. The van der Waals surface area contributed by atoms with Crippen LogP contribution in [0.25, 0.3) is 10.2 Å². The number of anilines is 1. The molecule has 31 heavy (non-hydrogen) atoms. The largest absolute Gasteiger partial charge is 0.308 e. The van der Waals surface area contributed by atoms with Gasteiger partial charge in [0.1, 0.15) is 11.6 Å². The van der Waals surface area contributed by atoms with Crippen LogP contribution in [-0.2, 0) is 14.6 Å². The van der Waals surface area contributed by atoms with Crippen LogP contribution in [0.15, 0.2) is 41.3 Å². The topological polar surface area (TPSA) is 70.6 Å². The summed E-state index contributed by atoms with van der Waals surface area (Å²) in [5.41, 5.74) is 2.92. The van der Waals surface area contributed by atoms with Gasteiger partial charge in [0, 0.05) is 13.1 Å². The molecule has 1 amide bonds. The molecule has 0 saturated carbocycles. The van der Waals surface area contributed by atoms with E-state index in [0.717, 1.165) is 33.5 Å². The molecule has 0 radical (unpaired) electrons. The van der Waals surface area contributed by atoms with E-state index in [-0.39, 0.29) is 17.3 Å². The van der Waals surface area contributed by atoms with Crippen LogP contribution in [-0.4, -0.2) is 57.1 Å². The Kier molecular flexibility index (Phi) is 8.15. The van der Waals surface area contributed by atoms with Crippen LogP contribution in [0.2, 0.25) is 0 Å². The standard InChI is InChI=1S/C21H24FN3O3S2.ClH/c1-14-11-15(2)20-18(12-14)23-21(29-20)25(10-9-24(3)4)19(26)13-30(27,28)17-7-5-16(22)6-8-17;/h5-8,11-12H,9-10,13H2,1-4H3;1H. The van der Waals surface area contributed by atoms with Crippen molar-refractivity contribution in [2.45, 2.75) is 18.7 Å². The predicted octanol–water partition coefficient (Wildman–Crippen LogP) is 3.84. The molecule has 0 aliphatic rings. The van der Waals surface area contributed by atoms with Crippen molar-refractivity contribution in [3.05, 3.63) is 53.3 Å². The summed E-state index contributed by atoms with van der Waals surface area (Å²) >= 11 is 1.38. The van der Waals surface area contributed by atoms with Gasteiger partial charge in [-0.2, -0.15) is 0 Å². The number of carbonyl (C=O) groups excluding carboxylic acids is 1. The predicted molar refractivity (Wildman–Crippen MR) is 126 cm³/mol. The highest BCUT2D eigenvalue weighted by Crippen LogP contribution is 2.32. The number of carbonyl (C=O) groups is 1. The average Bonchev–Trinajstić information content (AvgIpc) is 3.05. The smallest absolute Gasteiger partial charge is 0.244 e. The van der Waals surface area contributed by atoms with Gasteiger partial charge in [-0.3, -0.25) is 9.69 Å². The fourth-order valence-corrected chi connectivity index (χ4v) is 5.33. The molecular formula is C21H25ClFN3O3S2. The molecule has 3 rings (SSSR count). The van der Waals surface area contributed by atoms with Gasteiger partial charge in [0.05, 0.1) is 15.1 Å². The van der Waals surface area contributed by atoms with E-state index in [4.69, 9.17) is 0 Å². The summed E-state index contributed by atoms with van der Waals surface area (Å²) in [6.45, 7) is 4.83. The number of sulfone groups is 1. The molecule has 6 nitrogen and oxygen atoms in total. The summed E-state index contributed by atoms with van der Waals surface area (Å²) in [6, 6.07) is 8.49. The lowest BCUT2D eigenvalue weighted by Crippen LogP contribution is -2.40. The molecule has 0 aliphatic carbocycles. The first-order valence-corrected chi connectivity index (χ1v) is 11.8. The molecule has 10 heteroatoms. The van der Waals surface area contributed by atoms with Gasteiger partial charge in [-0.05, 0) is 69.4 Å². The Labute approximate surface area is 192 Å². The fraction of sp³-hybridized carbons (Fsp3) is 0.333. The molecule has 0 aliphatic heterocycles. The lowest BCUT2D eigenvalue weighted by atomic mass is 10.1. The third-order valence-electron chi connectivity index (χ3n) is 4.60. The fourth-order valence-electron chi connectivity index (χ4n) is 3.07. The van der Waals surface area contributed by atoms with Crippen molar-refractivity contribution in [3.8, 4) is 0 Å². The van der Waals surface area contributed by atoms with Crippen LogP contribution in [0.1, 0.15) is 11.1 Å². The van der Waals surface area contributed by atoms with Crippen molar-refractivity contribution in [2.24, 2.45) is 0 Å². The zero-order valence-corrected chi connectivity index (χ0v) is 20.2. The molecule has 1 heterocycles. The number of fused-ring (bicyclic) bond motifs is 1. The van der Waals surface area contributed by atoms with E-state index in [1.165, 1.54) is 28.4 Å². The van der Waals surface area contributed by atoms with E-state index in [0.29, 0.717) is 18.2 Å². The van der Waals surface area contributed by atoms with E-state index in [9.17, 15) is 17.6 Å². The Balaban J connectivity index is 0.00000341. The number of likely N-dealkylation sites (N-methyl/N-ethyl adjacent to an activating group) is 1. The van der Waals surface area contributed by atoms with Gasteiger partial charge in [-0.25, -0.2) is 17.8 Å². The number of aromatic nitrogens is 1. The van der Waals surface area contributed by atoms with Gasteiger partial charge in [0.15, 0.2) is 15.0 Å². The first-order chi connectivity index (χ1) is 14.1. The average molecular weight is 486 g/mol. The Hall–Kier alpha value is -2.07. The summed E-state index contributed by atoms with van der Waals surface area (Å²) in [4.78, 5) is 20.9. The molecular weight excluding hydrogens is 461 g/mol. The van der Waals surface area contributed by atoms with Crippen molar-refractivity contribution in [3.63, 3.8) is 0 Å². The van der Waals surface area contributed by atoms with Crippen LogP contribution < -0.4 is 4.90 Å². The lowest BCUT2D eigenvalue weighted by molar-refractivity contribution is -0.116. The minimum atomic E-state index is -3.91. The Morgan fingerprint density at radius 3 is 2.35 bits per heavy atom. The van der Waals surface area contributed by atoms with Gasteiger partial charge >= 0.3 is 0 Å². The van der Waals surface area contributed by atoms with Crippen LogP contribution >= 0.6 is 23.7 Å². The third kappa shape index (κ3) is 6.00. The molecule has 3 aromatic rings. The number of aryl methyl sites for hydroxylation is 2. The van der Waals surface area contributed by atoms with Crippen molar-refractivity contribution in [1.29, 1.82) is 0 Å². The number of benzene rings is 2. The molecule has 2 aromatic carbocycles. The van der Waals surface area contributed by atoms with Crippen molar-refractivity contribution < 1.29 is 17.6 Å². The van der Waals surface area contributed by atoms with Crippen LogP contribution in [0.3, 0.4) is 0 Å². The van der Waals surface area contributed by atoms with Crippen LogP contribution in [0.5, 0.6) is 0 Å². The van der Waals surface area contributed by atoms with Crippen molar-refractivity contribution in [2.75, 3.05) is 37.8 Å². The maximum Gasteiger partial charge on any atom is 0.244 e. The summed E-state index contributed by atoms with van der Waals surface area (Å²) < 4.78 is 39.5. The SMILES string of the molecule is Cc1cc(C)c2sc(N(CCN(C)C)C(=O)CS(=O)(=O)c3ccc(F)cc3)nc2c1.Cl. The van der Waals surface area contributed by atoms with E-state index in [1.807, 2.05) is 38.9 Å². The maximum absolute atomic E-state index is 13.1. The summed E-state index contributed by atoms with van der Waals surface area (Å²) in [5.74, 6) is -1.80. The van der Waals surface area contributed by atoms with E-state index in [2.05, 4.69) is 11.1 Å². The van der Waals surface area contributed by atoms with Gasteiger partial charge in [-0.1, -0.05) is 17.4 Å². The van der Waals surface area contributed by atoms with Gasteiger partial charge < -0.3 is 4.90 Å². The summed E-state index contributed by atoms with van der Waals surface area (Å²) in [6.07, 6.45) is 0. The monoisotopic (exact) mass is 485 g/mol. The first kappa shape index (κ1) is 25.2. The Bertz CT molecular complexity index is 1180. The highest BCUT2D eigenvalue weighted by atomic mass is 35.5. The Morgan fingerprint density at radius 2 is 1.74 bits per heavy atom. The molecule has 0 fully saturated rings. The molecule has 0 spiro atoms. The normalized spacial score (nSPS) is 11.5. The van der Waals surface area contributed by atoms with E-state index in [1.54, 1.807) is 0 Å². The lowest BCUT2D eigenvalue weighted by Gasteiger charge is -2.22. The molecule has 0 atom stereocenters. The van der Waals surface area contributed by atoms with E-state index < -0.39 is 27.3 Å². The maximum atomic E-state index is 13.1. The van der Waals surface area contributed by atoms with Gasteiger partial charge in [0.25, 0.3) is 0 Å². The Morgan fingerprint density at radius 1 is 1.10 bits per heavy atom. The molecule has 0 saturated heterocycles. The number of nitrogens with zero attached hydrogens (tertiary/aromatic N) is 3. The highest BCUT2D eigenvalue weighted by Gasteiger charge is 2.27. The second-order valence-electron chi connectivity index (χ2n) is 7.49. The minimum Gasteiger partial charge on any atom is -0.308 e. The molecule has 0 unspecified atom stereocenters.